The van der Waals surface area contributed by atoms with E-state index in [-0.39, 0.29) is 40.5 Å². The molecule has 2 aromatic carbocycles. The number of fused-ring (bicyclic) bond motifs is 1. The van der Waals surface area contributed by atoms with Gasteiger partial charge in [0, 0.05) is 60.1 Å². The number of halogens is 3. The van der Waals surface area contributed by atoms with Crippen molar-refractivity contribution in [3.8, 4) is 0 Å². The molecule has 2 fully saturated rings. The molecule has 39 heavy (non-hydrogen) atoms. The summed E-state index contributed by atoms with van der Waals surface area (Å²) in [5.41, 5.74) is 0.161. The van der Waals surface area contributed by atoms with Gasteiger partial charge in [0.1, 0.15) is 6.54 Å². The number of carboxylic acids is 1. The van der Waals surface area contributed by atoms with Crippen LogP contribution in [0.15, 0.2) is 40.1 Å². The van der Waals surface area contributed by atoms with E-state index in [9.17, 15) is 24.2 Å². The van der Waals surface area contributed by atoms with E-state index < -0.39 is 29.3 Å². The molecule has 0 radical (unpaired) electrons. The van der Waals surface area contributed by atoms with Crippen LogP contribution < -0.4 is 0 Å². The third-order valence-corrected chi connectivity index (χ3v) is 9.18. The van der Waals surface area contributed by atoms with Gasteiger partial charge in [-0.05, 0) is 38.2 Å². The van der Waals surface area contributed by atoms with E-state index in [0.29, 0.717) is 22.5 Å². The van der Waals surface area contributed by atoms with Crippen molar-refractivity contribution in [1.29, 1.82) is 0 Å². The second-order valence-corrected chi connectivity index (χ2v) is 11.5. The number of aromatic carboxylic acids is 1. The van der Waals surface area contributed by atoms with E-state index in [4.69, 9.17) is 11.6 Å². The molecule has 3 aromatic rings. The Morgan fingerprint density at radius 3 is 2.49 bits per heavy atom. The third kappa shape index (κ3) is 5.26. The molecule has 0 bridgehead atoms. The summed E-state index contributed by atoms with van der Waals surface area (Å²) in [6, 6.07) is 6.92. The molecule has 0 aliphatic carbocycles. The zero-order valence-electron chi connectivity index (χ0n) is 21.5. The average molecular weight is 579 g/mol. The maximum Gasteiger partial charge on any atom is 0.338 e. The van der Waals surface area contributed by atoms with Crippen molar-refractivity contribution in [1.82, 2.24) is 19.3 Å². The van der Waals surface area contributed by atoms with Gasteiger partial charge in [-0.25, -0.2) is 13.6 Å². The molecule has 1 aromatic heterocycles. The zero-order valence-corrected chi connectivity index (χ0v) is 23.1. The minimum atomic E-state index is -1.39. The van der Waals surface area contributed by atoms with Crippen LogP contribution in [0.2, 0.25) is 5.02 Å². The monoisotopic (exact) mass is 578 g/mol. The molecule has 1 amide bonds. The Morgan fingerprint density at radius 1 is 1.08 bits per heavy atom. The average Bonchev–Trinajstić information content (AvgIpc) is 3.41. The quantitative estimate of drug-likeness (QED) is 0.462. The maximum atomic E-state index is 15.4. The van der Waals surface area contributed by atoms with Gasteiger partial charge in [0.15, 0.2) is 11.6 Å². The predicted octanol–water partition coefficient (Wildman–Crippen LogP) is 3.55. The highest BCUT2D eigenvalue weighted by molar-refractivity contribution is 7.99. The third-order valence-electron chi connectivity index (χ3n) is 7.63. The number of aromatic nitrogens is 1. The molecule has 2 aliphatic rings. The largest absolute Gasteiger partial charge is 0.478 e. The van der Waals surface area contributed by atoms with Crippen molar-refractivity contribution in [2.45, 2.75) is 35.4 Å². The van der Waals surface area contributed by atoms with Gasteiger partial charge in [-0.1, -0.05) is 29.4 Å². The fourth-order valence-electron chi connectivity index (χ4n) is 5.38. The number of likely N-dealkylation sites (N-methyl/N-ethyl adjacent to an activating group) is 1. The lowest BCUT2D eigenvalue weighted by Crippen LogP contribution is -2.52. The number of nitrogens with zero attached hydrogens (tertiary/aromatic N) is 4. The van der Waals surface area contributed by atoms with E-state index >= 15 is 4.39 Å². The fourth-order valence-corrected chi connectivity index (χ4v) is 6.64. The molecule has 2 saturated heterocycles. The van der Waals surface area contributed by atoms with Gasteiger partial charge in [0.05, 0.1) is 28.2 Å². The van der Waals surface area contributed by atoms with Crippen molar-refractivity contribution in [2.24, 2.45) is 0 Å². The molecule has 0 spiro atoms. The smallest absolute Gasteiger partial charge is 0.338 e. The minimum absolute atomic E-state index is 0.0661. The number of carbonyl (C=O) groups is 2. The maximum absolute atomic E-state index is 15.4. The second kappa shape index (κ2) is 11.1. The first-order valence-corrected chi connectivity index (χ1v) is 13.8. The number of hydrogen-bond acceptors (Lipinski definition) is 6. The number of amides is 1. The number of carboxylic acid groups (broad SMARTS) is 1. The van der Waals surface area contributed by atoms with Crippen LogP contribution in [-0.4, -0.2) is 99.8 Å². The van der Waals surface area contributed by atoms with Gasteiger partial charge in [-0.2, -0.15) is 0 Å². The normalized spacial score (nSPS) is 20.7. The van der Waals surface area contributed by atoms with Gasteiger partial charge < -0.3 is 24.6 Å². The van der Waals surface area contributed by atoms with Crippen molar-refractivity contribution in [3.63, 3.8) is 0 Å². The summed E-state index contributed by atoms with van der Waals surface area (Å²) < 4.78 is 31.9. The van der Waals surface area contributed by atoms with E-state index in [2.05, 4.69) is 16.8 Å². The number of likely N-dealkylation sites (tertiary alicyclic amines) is 1. The van der Waals surface area contributed by atoms with Crippen LogP contribution >= 0.6 is 23.4 Å². The highest BCUT2D eigenvalue weighted by Crippen LogP contribution is 2.41. The Balaban J connectivity index is 1.45. The highest BCUT2D eigenvalue weighted by Gasteiger charge is 2.38. The lowest BCUT2D eigenvalue weighted by molar-refractivity contribution is -0.131. The highest BCUT2D eigenvalue weighted by atomic mass is 35.5. The predicted molar refractivity (Wildman–Crippen MR) is 145 cm³/mol. The van der Waals surface area contributed by atoms with Gasteiger partial charge in [0.2, 0.25) is 5.91 Å². The molecular formula is C27H29ClF2N4O4S. The van der Waals surface area contributed by atoms with Gasteiger partial charge in [-0.3, -0.25) is 9.69 Å². The fraction of sp³-hybridized carbons (Fsp3) is 0.407. The van der Waals surface area contributed by atoms with Crippen molar-refractivity contribution in [3.05, 3.63) is 58.2 Å². The van der Waals surface area contributed by atoms with Crippen LogP contribution in [0.5, 0.6) is 0 Å². The molecule has 2 unspecified atom stereocenters. The van der Waals surface area contributed by atoms with Crippen molar-refractivity contribution < 1.29 is 28.6 Å². The molecule has 2 atom stereocenters. The first-order chi connectivity index (χ1) is 18.6. The molecular weight excluding hydrogens is 550 g/mol. The summed E-state index contributed by atoms with van der Waals surface area (Å²) in [6.45, 7) is 5.47. The number of aliphatic hydroxyl groups is 1. The van der Waals surface area contributed by atoms with Crippen LogP contribution in [0.3, 0.4) is 0 Å². The van der Waals surface area contributed by atoms with Crippen LogP contribution in [0.1, 0.15) is 16.1 Å². The van der Waals surface area contributed by atoms with Crippen molar-refractivity contribution >= 4 is 46.1 Å². The van der Waals surface area contributed by atoms with Crippen molar-refractivity contribution in [2.75, 3.05) is 46.3 Å². The summed E-state index contributed by atoms with van der Waals surface area (Å²) >= 11 is 7.07. The Morgan fingerprint density at radius 2 is 1.79 bits per heavy atom. The number of aliphatic hydroxyl groups excluding tert-OH is 1. The summed E-state index contributed by atoms with van der Waals surface area (Å²) in [7, 11) is 2.05. The Hall–Kier alpha value is -2.70. The van der Waals surface area contributed by atoms with E-state index in [0.717, 1.165) is 37.9 Å². The summed E-state index contributed by atoms with van der Waals surface area (Å²) in [6.07, 6.45) is -0.679. The van der Waals surface area contributed by atoms with Gasteiger partial charge in [-0.15, -0.1) is 0 Å². The number of rotatable bonds is 6. The molecule has 208 valence electrons. The van der Waals surface area contributed by atoms with E-state index in [1.807, 2.05) is 0 Å². The molecule has 12 heteroatoms. The molecule has 5 rings (SSSR count). The van der Waals surface area contributed by atoms with Gasteiger partial charge in [0.25, 0.3) is 0 Å². The van der Waals surface area contributed by atoms with Crippen LogP contribution in [0.4, 0.5) is 8.78 Å². The Labute approximate surface area is 233 Å². The van der Waals surface area contributed by atoms with E-state index in [1.54, 1.807) is 17.9 Å². The second-order valence-electron chi connectivity index (χ2n) is 10.1. The Kier molecular flexibility index (Phi) is 7.89. The van der Waals surface area contributed by atoms with Crippen LogP contribution in [0, 0.1) is 18.6 Å². The van der Waals surface area contributed by atoms with Gasteiger partial charge >= 0.3 is 5.97 Å². The number of carbonyl (C=O) groups excluding carboxylic acids is 1. The molecule has 8 nitrogen and oxygen atoms in total. The first kappa shape index (κ1) is 27.9. The number of hydrogen-bond donors (Lipinski definition) is 2. The number of β-amino-alcohol motifs (C(OH)–C–C–N with tert-alkyl or cyclic N) is 1. The zero-order chi connectivity index (χ0) is 28.0. The van der Waals surface area contributed by atoms with Crippen LogP contribution in [-0.2, 0) is 11.3 Å². The summed E-state index contributed by atoms with van der Waals surface area (Å²) in [4.78, 5) is 31.5. The Bertz CT molecular complexity index is 1440. The summed E-state index contributed by atoms with van der Waals surface area (Å²) in [5.74, 6) is -3.25. The van der Waals surface area contributed by atoms with E-state index in [1.165, 1.54) is 28.8 Å². The molecule has 2 aliphatic heterocycles. The summed E-state index contributed by atoms with van der Waals surface area (Å²) in [5, 5.41) is 20.4. The number of piperazine rings is 1. The molecule has 2 N–H and O–H groups in total. The lowest BCUT2D eigenvalue weighted by atomic mass is 10.1. The minimum Gasteiger partial charge on any atom is -0.478 e. The SMILES string of the molecule is Cc1c(Sc2cccc(C(=O)O)c2F)c2ccc(Cl)c(F)c2n1CC(=O)N1CC(O)C(N2CCN(C)CC2)C1. The molecule has 3 heterocycles. The lowest BCUT2D eigenvalue weighted by Gasteiger charge is -2.37. The van der Waals surface area contributed by atoms with Crippen LogP contribution in [0.25, 0.3) is 10.9 Å². The first-order valence-electron chi connectivity index (χ1n) is 12.6. The number of benzene rings is 2. The topological polar surface area (TPSA) is 89.2 Å². The standard InChI is InChI=1S/C27H29ClF2N4O4S/c1-15-26(39-21-5-3-4-16(23(21)29)27(37)38)17-6-7-18(28)24(30)25(17)34(15)14-22(36)33-12-19(20(35)13-33)32-10-8-31(2)9-11-32/h3-7,19-20,35H,8-14H2,1-2H3,(H,37,38). The molecule has 0 saturated carbocycles.